The second-order valence-corrected chi connectivity index (χ2v) is 8.87. The van der Waals surface area contributed by atoms with Crippen molar-refractivity contribution in [2.75, 3.05) is 18.5 Å². The van der Waals surface area contributed by atoms with Gasteiger partial charge in [-0.15, -0.1) is 0 Å². The summed E-state index contributed by atoms with van der Waals surface area (Å²) in [7, 11) is 0. The van der Waals surface area contributed by atoms with E-state index in [9.17, 15) is 4.79 Å². The minimum Gasteiger partial charge on any atom is -0.457 e. The van der Waals surface area contributed by atoms with Crippen LogP contribution in [0.4, 0.5) is 5.82 Å². The Morgan fingerprint density at radius 1 is 1.03 bits per heavy atom. The van der Waals surface area contributed by atoms with Crippen LogP contribution in [0, 0.1) is 6.92 Å². The molecule has 0 radical (unpaired) electrons. The molecule has 1 aliphatic heterocycles. The fraction of sp³-hybridized carbons (Fsp3) is 0.222. The highest BCUT2D eigenvalue weighted by Gasteiger charge is 2.38. The van der Waals surface area contributed by atoms with Crippen LogP contribution in [-0.2, 0) is 21.4 Å². The van der Waals surface area contributed by atoms with Crippen molar-refractivity contribution in [1.82, 2.24) is 14.8 Å². The largest absolute Gasteiger partial charge is 0.457 e. The molecular weight excluding hydrogens is 428 g/mol. The van der Waals surface area contributed by atoms with Gasteiger partial charge in [-0.1, -0.05) is 29.8 Å². The average Bonchev–Trinajstić information content (AvgIpc) is 3.24. The Labute approximate surface area is 198 Å². The van der Waals surface area contributed by atoms with Gasteiger partial charge in [-0.3, -0.25) is 9.78 Å². The summed E-state index contributed by atoms with van der Waals surface area (Å²) in [5.41, 5.74) is 3.72. The van der Waals surface area contributed by atoms with Crippen molar-refractivity contribution in [1.29, 1.82) is 0 Å². The zero-order valence-corrected chi connectivity index (χ0v) is 19.2. The maximum absolute atomic E-state index is 12.9. The topological polar surface area (TPSA) is 78.3 Å². The van der Waals surface area contributed by atoms with E-state index in [1.807, 2.05) is 61.5 Å². The highest BCUT2D eigenvalue weighted by atomic mass is 16.5. The summed E-state index contributed by atoms with van der Waals surface area (Å²) in [5.74, 6) is 1.95. The number of carbonyl (C=O) groups excluding carboxylic acids is 1. The maximum atomic E-state index is 12.9. The third-order valence-electron chi connectivity index (χ3n) is 5.89. The molecule has 2 aromatic heterocycles. The van der Waals surface area contributed by atoms with Crippen LogP contribution in [0.3, 0.4) is 0 Å². The van der Waals surface area contributed by atoms with Gasteiger partial charge in [0.05, 0.1) is 36.4 Å². The van der Waals surface area contributed by atoms with E-state index in [2.05, 4.69) is 17.2 Å². The van der Waals surface area contributed by atoms with Crippen LogP contribution in [-0.4, -0.2) is 33.9 Å². The Hall–Kier alpha value is -3.97. The number of amides is 1. The van der Waals surface area contributed by atoms with E-state index in [1.165, 1.54) is 0 Å². The second kappa shape index (κ2) is 9.11. The summed E-state index contributed by atoms with van der Waals surface area (Å²) in [6.07, 6.45) is 3.60. The normalized spacial score (nSPS) is 14.3. The molecule has 1 N–H and O–H groups in total. The molecule has 0 aliphatic carbocycles. The molecule has 4 aromatic rings. The second-order valence-electron chi connectivity index (χ2n) is 8.87. The van der Waals surface area contributed by atoms with Crippen molar-refractivity contribution in [3.8, 4) is 17.2 Å². The van der Waals surface area contributed by atoms with Gasteiger partial charge < -0.3 is 14.8 Å². The molecule has 1 fully saturated rings. The van der Waals surface area contributed by atoms with E-state index in [4.69, 9.17) is 14.6 Å². The van der Waals surface area contributed by atoms with Crippen LogP contribution in [0.25, 0.3) is 5.69 Å². The first-order valence-electron chi connectivity index (χ1n) is 11.2. The molecule has 0 saturated carbocycles. The van der Waals surface area contributed by atoms with Crippen LogP contribution >= 0.6 is 0 Å². The number of nitrogens with one attached hydrogen (secondary N) is 1. The molecule has 7 heteroatoms. The summed E-state index contributed by atoms with van der Waals surface area (Å²) in [5, 5.41) is 7.87. The number of hydrogen-bond donors (Lipinski definition) is 1. The van der Waals surface area contributed by atoms with Crippen molar-refractivity contribution >= 4 is 11.7 Å². The van der Waals surface area contributed by atoms with Gasteiger partial charge in [0, 0.05) is 18.5 Å². The predicted octanol–water partition coefficient (Wildman–Crippen LogP) is 4.84. The first-order chi connectivity index (χ1) is 16.5. The van der Waals surface area contributed by atoms with Gasteiger partial charge in [0.2, 0.25) is 5.91 Å². The fourth-order valence-corrected chi connectivity index (χ4v) is 3.79. The van der Waals surface area contributed by atoms with Crippen molar-refractivity contribution in [2.24, 2.45) is 0 Å². The number of rotatable bonds is 7. The zero-order valence-electron chi connectivity index (χ0n) is 19.2. The smallest absolute Gasteiger partial charge is 0.229 e. The Morgan fingerprint density at radius 2 is 1.71 bits per heavy atom. The minimum absolute atomic E-state index is 0.113. The Bertz CT molecular complexity index is 1280. The number of anilines is 1. The zero-order chi connectivity index (χ0) is 23.5. The van der Waals surface area contributed by atoms with Crippen LogP contribution in [0.15, 0.2) is 79.1 Å². The van der Waals surface area contributed by atoms with Crippen molar-refractivity contribution < 1.29 is 14.3 Å². The third-order valence-corrected chi connectivity index (χ3v) is 5.89. The van der Waals surface area contributed by atoms with E-state index < -0.39 is 0 Å². The first-order valence-corrected chi connectivity index (χ1v) is 11.2. The molecular formula is C27H26N4O3. The third kappa shape index (κ3) is 4.70. The van der Waals surface area contributed by atoms with Gasteiger partial charge in [-0.05, 0) is 55.8 Å². The number of ether oxygens (including phenoxy) is 2. The minimum atomic E-state index is -0.139. The van der Waals surface area contributed by atoms with Crippen LogP contribution in [0.5, 0.6) is 11.5 Å². The standard InChI is InChI=1S/C27H26N4O3/c1-19-3-7-21(8-4-19)31-25(16-24(30-31)27(2)17-33-18-27)29-26(32)15-20-5-9-22(10-6-20)34-23-11-13-28-14-12-23/h3-14,16H,15,17-18H2,1-2H3,(H,29,32). The maximum Gasteiger partial charge on any atom is 0.229 e. The van der Waals surface area contributed by atoms with E-state index in [-0.39, 0.29) is 17.7 Å². The van der Waals surface area contributed by atoms with Gasteiger partial charge in [-0.2, -0.15) is 5.10 Å². The van der Waals surface area contributed by atoms with Crippen LogP contribution in [0.1, 0.15) is 23.7 Å². The molecule has 1 aliphatic rings. The highest BCUT2D eigenvalue weighted by Crippen LogP contribution is 2.33. The number of pyridine rings is 1. The predicted molar refractivity (Wildman–Crippen MR) is 130 cm³/mol. The Balaban J connectivity index is 1.31. The molecule has 1 amide bonds. The average molecular weight is 455 g/mol. The van der Waals surface area contributed by atoms with Crippen molar-refractivity contribution in [3.63, 3.8) is 0 Å². The number of benzene rings is 2. The van der Waals surface area contributed by atoms with E-state index in [0.717, 1.165) is 22.5 Å². The number of aromatic nitrogens is 3. The Morgan fingerprint density at radius 3 is 2.35 bits per heavy atom. The van der Waals surface area contributed by atoms with Crippen LogP contribution in [0.2, 0.25) is 0 Å². The molecule has 34 heavy (non-hydrogen) atoms. The number of hydrogen-bond acceptors (Lipinski definition) is 5. The lowest BCUT2D eigenvalue weighted by atomic mass is 9.85. The molecule has 0 atom stereocenters. The molecule has 0 spiro atoms. The highest BCUT2D eigenvalue weighted by molar-refractivity contribution is 5.91. The lowest BCUT2D eigenvalue weighted by molar-refractivity contribution is -0.115. The van der Waals surface area contributed by atoms with E-state index in [0.29, 0.717) is 30.5 Å². The Kier molecular flexibility index (Phi) is 5.86. The summed E-state index contributed by atoms with van der Waals surface area (Å²) < 4.78 is 13.0. The van der Waals surface area contributed by atoms with E-state index in [1.54, 1.807) is 29.2 Å². The summed E-state index contributed by atoms with van der Waals surface area (Å²) in [6, 6.07) is 21.1. The van der Waals surface area contributed by atoms with E-state index >= 15 is 0 Å². The lowest BCUT2D eigenvalue weighted by Crippen LogP contribution is -2.44. The molecule has 5 rings (SSSR count). The lowest BCUT2D eigenvalue weighted by Gasteiger charge is -2.36. The summed E-state index contributed by atoms with van der Waals surface area (Å²) in [6.45, 7) is 5.42. The molecule has 3 heterocycles. The molecule has 0 bridgehead atoms. The van der Waals surface area contributed by atoms with Gasteiger partial charge in [0.15, 0.2) is 0 Å². The quantitative estimate of drug-likeness (QED) is 0.432. The van der Waals surface area contributed by atoms with Crippen molar-refractivity contribution in [2.45, 2.75) is 25.7 Å². The molecule has 2 aromatic carbocycles. The molecule has 0 unspecified atom stereocenters. The number of nitrogens with zero attached hydrogens (tertiary/aromatic N) is 3. The van der Waals surface area contributed by atoms with Gasteiger partial charge in [0.1, 0.15) is 17.3 Å². The first kappa shape index (κ1) is 21.9. The van der Waals surface area contributed by atoms with Gasteiger partial charge in [0.25, 0.3) is 0 Å². The molecule has 172 valence electrons. The molecule has 7 nitrogen and oxygen atoms in total. The molecule has 1 saturated heterocycles. The van der Waals surface area contributed by atoms with Crippen LogP contribution < -0.4 is 10.1 Å². The van der Waals surface area contributed by atoms with Gasteiger partial charge >= 0.3 is 0 Å². The monoisotopic (exact) mass is 454 g/mol. The van der Waals surface area contributed by atoms with Crippen molar-refractivity contribution in [3.05, 3.63) is 95.9 Å². The number of carbonyl (C=O) groups is 1. The summed E-state index contributed by atoms with van der Waals surface area (Å²) >= 11 is 0. The SMILES string of the molecule is Cc1ccc(-n2nc(C3(C)COC3)cc2NC(=O)Cc2ccc(Oc3ccncc3)cc2)cc1. The fourth-order valence-electron chi connectivity index (χ4n) is 3.79. The van der Waals surface area contributed by atoms with Gasteiger partial charge in [-0.25, -0.2) is 4.68 Å². The number of aryl methyl sites for hydroxylation is 1. The summed E-state index contributed by atoms with van der Waals surface area (Å²) in [4.78, 5) is 16.9.